The van der Waals surface area contributed by atoms with E-state index in [0.29, 0.717) is 5.69 Å². The van der Waals surface area contributed by atoms with Crippen molar-refractivity contribution in [2.24, 2.45) is 0 Å². The van der Waals surface area contributed by atoms with Crippen molar-refractivity contribution in [1.82, 2.24) is 9.97 Å². The molecule has 0 atom stereocenters. The lowest BCUT2D eigenvalue weighted by Crippen LogP contribution is -2.11. The molecular formula is C13H10N2O2S. The molecular weight excluding hydrogens is 248 g/mol. The molecule has 3 aromatic rings. The Balaban J connectivity index is 2.36. The predicted molar refractivity (Wildman–Crippen MR) is 72.2 cm³/mol. The number of H-pyrrole nitrogens is 1. The van der Waals surface area contributed by atoms with Gasteiger partial charge >= 0.3 is 0 Å². The number of nitrogens with one attached hydrogen (secondary N) is 1. The highest BCUT2D eigenvalue weighted by Gasteiger charge is 2.14. The minimum Gasteiger partial charge on any atom is -0.490 e. The summed E-state index contributed by atoms with van der Waals surface area (Å²) in [5, 5.41) is 3.16. The second-order valence-electron chi connectivity index (χ2n) is 3.76. The van der Waals surface area contributed by atoms with E-state index in [4.69, 9.17) is 4.74 Å². The molecule has 2 aromatic heterocycles. The highest BCUT2D eigenvalue weighted by Crippen LogP contribution is 2.34. The third-order valence-electron chi connectivity index (χ3n) is 2.75. The van der Waals surface area contributed by atoms with E-state index in [1.807, 2.05) is 29.6 Å². The summed E-state index contributed by atoms with van der Waals surface area (Å²) in [5.74, 6) is 0.249. The van der Waals surface area contributed by atoms with E-state index in [1.165, 1.54) is 13.4 Å². The van der Waals surface area contributed by atoms with Crippen molar-refractivity contribution in [3.8, 4) is 17.0 Å². The van der Waals surface area contributed by atoms with Crippen LogP contribution in [0, 0.1) is 0 Å². The molecule has 1 N–H and O–H groups in total. The fourth-order valence-corrected chi connectivity index (χ4v) is 2.86. The molecule has 0 saturated heterocycles. The quantitative estimate of drug-likeness (QED) is 0.768. The van der Waals surface area contributed by atoms with Crippen LogP contribution in [-0.4, -0.2) is 17.1 Å². The van der Waals surface area contributed by atoms with Crippen LogP contribution < -0.4 is 10.3 Å². The Morgan fingerprint density at radius 2 is 2.22 bits per heavy atom. The third kappa shape index (κ3) is 1.60. The van der Waals surface area contributed by atoms with Gasteiger partial charge < -0.3 is 9.72 Å². The molecule has 0 aliphatic rings. The molecule has 0 spiro atoms. The smallest absolute Gasteiger partial charge is 0.293 e. The number of aromatic amines is 1. The van der Waals surface area contributed by atoms with Crippen LogP contribution in [0.2, 0.25) is 0 Å². The number of ether oxygens (including phenoxy) is 1. The number of nitrogens with zero attached hydrogens (tertiary/aromatic N) is 1. The summed E-state index contributed by atoms with van der Waals surface area (Å²) in [6.45, 7) is 0. The molecule has 4 nitrogen and oxygen atoms in total. The predicted octanol–water partition coefficient (Wildman–Crippen LogP) is 2.66. The Bertz CT molecular complexity index is 761. The lowest BCUT2D eigenvalue weighted by molar-refractivity contribution is 0.408. The fourth-order valence-electron chi connectivity index (χ4n) is 1.95. The van der Waals surface area contributed by atoms with Gasteiger partial charge in [0.2, 0.25) is 5.75 Å². The van der Waals surface area contributed by atoms with Gasteiger partial charge in [0.25, 0.3) is 5.56 Å². The highest BCUT2D eigenvalue weighted by atomic mass is 32.1. The van der Waals surface area contributed by atoms with E-state index in [9.17, 15) is 4.79 Å². The number of thiophene rings is 1. The average Bonchev–Trinajstić information content (AvgIpc) is 2.86. The molecule has 1 aromatic carbocycles. The average molecular weight is 258 g/mol. The summed E-state index contributed by atoms with van der Waals surface area (Å²) in [4.78, 5) is 18.5. The summed E-state index contributed by atoms with van der Waals surface area (Å²) in [5.41, 5.74) is 1.23. The van der Waals surface area contributed by atoms with Crippen LogP contribution in [0.15, 0.2) is 40.8 Å². The number of fused-ring (bicyclic) bond motifs is 1. The molecule has 0 radical (unpaired) electrons. The van der Waals surface area contributed by atoms with Crippen molar-refractivity contribution < 1.29 is 4.74 Å². The largest absolute Gasteiger partial charge is 0.490 e. The van der Waals surface area contributed by atoms with Crippen molar-refractivity contribution in [1.29, 1.82) is 0 Å². The maximum Gasteiger partial charge on any atom is 0.293 e. The lowest BCUT2D eigenvalue weighted by atomic mass is 10.1. The van der Waals surface area contributed by atoms with Crippen molar-refractivity contribution >= 4 is 21.4 Å². The first-order chi connectivity index (χ1) is 8.81. The summed E-state index contributed by atoms with van der Waals surface area (Å²) in [6.07, 6.45) is 1.40. The van der Waals surface area contributed by atoms with E-state index in [2.05, 4.69) is 9.97 Å². The molecule has 0 fully saturated rings. The standard InChI is InChI=1S/C13H10N2O2S/c1-17-11-10(14-7-15-13(11)16)9-4-2-3-8-5-6-18-12(8)9/h2-7H,1H3,(H,14,15,16). The maximum atomic E-state index is 11.7. The molecule has 0 aliphatic heterocycles. The summed E-state index contributed by atoms with van der Waals surface area (Å²) >= 11 is 1.63. The first kappa shape index (κ1) is 11.0. The zero-order valence-corrected chi connectivity index (χ0v) is 10.5. The summed E-state index contributed by atoms with van der Waals surface area (Å²) in [7, 11) is 1.48. The van der Waals surface area contributed by atoms with Crippen LogP contribution in [0.25, 0.3) is 21.3 Å². The molecule has 90 valence electrons. The van der Waals surface area contributed by atoms with Gasteiger partial charge in [0.05, 0.1) is 13.4 Å². The highest BCUT2D eigenvalue weighted by molar-refractivity contribution is 7.17. The van der Waals surface area contributed by atoms with Gasteiger partial charge in [0.15, 0.2) is 0 Å². The van der Waals surface area contributed by atoms with E-state index < -0.39 is 0 Å². The van der Waals surface area contributed by atoms with E-state index in [-0.39, 0.29) is 11.3 Å². The topological polar surface area (TPSA) is 55.0 Å². The zero-order valence-electron chi connectivity index (χ0n) is 9.64. The number of hydrogen-bond donors (Lipinski definition) is 1. The van der Waals surface area contributed by atoms with E-state index in [1.54, 1.807) is 11.3 Å². The van der Waals surface area contributed by atoms with Gasteiger partial charge in [-0.1, -0.05) is 18.2 Å². The van der Waals surface area contributed by atoms with Gasteiger partial charge in [-0.25, -0.2) is 4.98 Å². The van der Waals surface area contributed by atoms with Crippen molar-refractivity contribution in [3.05, 3.63) is 46.3 Å². The maximum absolute atomic E-state index is 11.7. The van der Waals surface area contributed by atoms with Gasteiger partial charge in [-0.3, -0.25) is 4.79 Å². The number of aromatic nitrogens is 2. The minimum atomic E-state index is -0.268. The van der Waals surface area contributed by atoms with E-state index in [0.717, 1.165) is 15.6 Å². The van der Waals surface area contributed by atoms with Gasteiger partial charge in [-0.2, -0.15) is 0 Å². The van der Waals surface area contributed by atoms with Gasteiger partial charge in [-0.15, -0.1) is 11.3 Å². The normalized spacial score (nSPS) is 10.7. The number of rotatable bonds is 2. The minimum absolute atomic E-state index is 0.249. The summed E-state index contributed by atoms with van der Waals surface area (Å²) < 4.78 is 6.26. The third-order valence-corrected chi connectivity index (χ3v) is 3.71. The molecule has 0 bridgehead atoms. The summed E-state index contributed by atoms with van der Waals surface area (Å²) in [6, 6.07) is 7.98. The van der Waals surface area contributed by atoms with Crippen molar-refractivity contribution in [3.63, 3.8) is 0 Å². The van der Waals surface area contributed by atoms with Gasteiger partial charge in [0.1, 0.15) is 5.69 Å². The van der Waals surface area contributed by atoms with E-state index >= 15 is 0 Å². The Labute approximate surface area is 107 Å². The van der Waals surface area contributed by atoms with Gasteiger partial charge in [0, 0.05) is 10.3 Å². The SMILES string of the molecule is COc1c(-c2cccc3ccsc23)nc[nH]c1=O. The van der Waals surface area contributed by atoms with Gasteiger partial charge in [-0.05, 0) is 16.8 Å². The first-order valence-corrected chi connectivity index (χ1v) is 6.27. The zero-order chi connectivity index (χ0) is 12.5. The van der Waals surface area contributed by atoms with Crippen LogP contribution in [0.3, 0.4) is 0 Å². The van der Waals surface area contributed by atoms with Crippen molar-refractivity contribution in [2.45, 2.75) is 0 Å². The first-order valence-electron chi connectivity index (χ1n) is 5.39. The van der Waals surface area contributed by atoms with Crippen LogP contribution >= 0.6 is 11.3 Å². The van der Waals surface area contributed by atoms with Crippen LogP contribution in [0.1, 0.15) is 0 Å². The molecule has 0 saturated carbocycles. The second-order valence-corrected chi connectivity index (χ2v) is 4.67. The molecule has 0 amide bonds. The number of hydrogen-bond acceptors (Lipinski definition) is 4. The number of benzene rings is 1. The molecule has 0 unspecified atom stereocenters. The molecule has 0 aliphatic carbocycles. The Morgan fingerprint density at radius 3 is 3.06 bits per heavy atom. The Kier molecular flexibility index (Phi) is 2.60. The van der Waals surface area contributed by atoms with Crippen LogP contribution in [0.5, 0.6) is 5.75 Å². The second kappa shape index (κ2) is 4.27. The van der Waals surface area contributed by atoms with Crippen LogP contribution in [0.4, 0.5) is 0 Å². The fraction of sp³-hybridized carbons (Fsp3) is 0.0769. The molecule has 5 heteroatoms. The monoisotopic (exact) mass is 258 g/mol. The molecule has 18 heavy (non-hydrogen) atoms. The lowest BCUT2D eigenvalue weighted by Gasteiger charge is -2.06. The molecule has 3 rings (SSSR count). The number of methoxy groups -OCH3 is 1. The Morgan fingerprint density at radius 1 is 1.33 bits per heavy atom. The van der Waals surface area contributed by atoms with Crippen molar-refractivity contribution in [2.75, 3.05) is 7.11 Å². The van der Waals surface area contributed by atoms with Crippen LogP contribution in [-0.2, 0) is 0 Å². The Hall–Kier alpha value is -2.14. The molecule has 2 heterocycles.